The molecule has 116 heavy (non-hydrogen) atoms. The first-order valence-corrected chi connectivity index (χ1v) is 38.1. The minimum atomic E-state index is -2.04. The molecule has 1 heterocycles. The molecule has 1 unspecified atom stereocenters. The second-order valence-corrected chi connectivity index (χ2v) is 28.6. The summed E-state index contributed by atoms with van der Waals surface area (Å²) in [4.78, 5) is 242. The van der Waals surface area contributed by atoms with Gasteiger partial charge in [-0.15, -0.1) is 0 Å². The number of carboxylic acids is 6. The normalized spacial score (nSPS) is 14.5. The molecule has 3 aromatic carbocycles. The maximum atomic E-state index is 14.6. The van der Waals surface area contributed by atoms with E-state index in [0.717, 1.165) is 6.92 Å². The SMILES string of the molecule is CSCC[C@H](NC(=O)[C@H](Cc1c[nH]c2ccccc12)NC(=O)CNC(=O)[C@H](Cc1ccc(O)cc1)NC(=O)[C@H](C)NC(=O)[C@H](CCC(=O)O)NC(=O)[C@H](CCC(=O)O)NC(=O)[C@H](CCC(=O)O)NC(=O)[C@H](CCC(=O)O)NC(=O)[C@H](CCC(=O)O)NC(=O)[C@@H](N)CC(C)C)C(=O)N[C@@H](CC(=O)O)C(O)N[C@@H](Cc1ccccc1)C(N)=O. The van der Waals surface area contributed by atoms with Gasteiger partial charge in [0.15, 0.2) is 0 Å². The largest absolute Gasteiger partial charge is 0.508 e. The van der Waals surface area contributed by atoms with Crippen LogP contribution in [0.2, 0.25) is 0 Å². The number of aromatic amines is 1. The number of thioether (sulfide) groups is 1. The second kappa shape index (κ2) is 48.7. The Hall–Kier alpha value is -12.3. The number of aliphatic hydroxyl groups excluding tert-OH is 1. The number of carbonyl (C=O) groups is 18. The summed E-state index contributed by atoms with van der Waals surface area (Å²) in [6.07, 6.45) is -8.12. The zero-order valence-corrected chi connectivity index (χ0v) is 64.7. The monoisotopic (exact) mass is 1650 g/mol. The highest BCUT2D eigenvalue weighted by Gasteiger charge is 2.38. The topological polar surface area (TPSA) is 681 Å². The van der Waals surface area contributed by atoms with E-state index >= 15 is 0 Å². The quantitative estimate of drug-likeness (QED) is 0.0191. The summed E-state index contributed by atoms with van der Waals surface area (Å²) in [5.41, 5.74) is 13.7. The highest BCUT2D eigenvalue weighted by molar-refractivity contribution is 7.98. The number of fused-ring (bicyclic) bond motifs is 1. The van der Waals surface area contributed by atoms with Gasteiger partial charge in [0, 0.05) is 62.0 Å². The first-order valence-electron chi connectivity index (χ1n) is 36.7. The Kier molecular flexibility index (Phi) is 40.3. The maximum Gasteiger partial charge on any atom is 0.305 e. The molecule has 0 fully saturated rings. The average molecular weight is 1650 g/mol. The van der Waals surface area contributed by atoms with Crippen molar-refractivity contribution in [3.05, 3.63) is 102 Å². The van der Waals surface area contributed by atoms with E-state index in [9.17, 15) is 127 Å². The van der Waals surface area contributed by atoms with Crippen molar-refractivity contribution >= 4 is 129 Å². The van der Waals surface area contributed by atoms with Gasteiger partial charge >= 0.3 is 35.8 Å². The highest BCUT2D eigenvalue weighted by atomic mass is 32.2. The van der Waals surface area contributed by atoms with Gasteiger partial charge in [0.2, 0.25) is 70.9 Å². The molecule has 1 aromatic heterocycles. The molecule has 25 N–H and O–H groups in total. The molecule has 13 atom stereocenters. The first-order chi connectivity index (χ1) is 54.7. The number of para-hydroxylation sites is 1. The summed E-state index contributed by atoms with van der Waals surface area (Å²) >= 11 is 1.27. The fourth-order valence-electron chi connectivity index (χ4n) is 11.6. The van der Waals surface area contributed by atoms with Crippen LogP contribution in [0.4, 0.5) is 0 Å². The number of aliphatic hydroxyl groups is 1. The molecule has 41 nitrogen and oxygen atoms in total. The Morgan fingerprint density at radius 1 is 0.431 bits per heavy atom. The van der Waals surface area contributed by atoms with Crippen molar-refractivity contribution in [3.8, 4) is 5.75 Å². The predicted molar refractivity (Wildman–Crippen MR) is 411 cm³/mol. The zero-order chi connectivity index (χ0) is 86.5. The van der Waals surface area contributed by atoms with Crippen molar-refractivity contribution in [2.75, 3.05) is 18.6 Å². The lowest BCUT2D eigenvalue weighted by Crippen LogP contribution is -2.60. The third-order valence-corrected chi connectivity index (χ3v) is 18.4. The summed E-state index contributed by atoms with van der Waals surface area (Å²) in [5.74, 6) is -22.8. The molecule has 0 aliphatic heterocycles. The fraction of sp³-hybridized carbons (Fsp3) is 0.486. The number of benzene rings is 3. The van der Waals surface area contributed by atoms with Gasteiger partial charge in [0.25, 0.3) is 0 Å². The number of H-pyrrole nitrogens is 1. The second-order valence-electron chi connectivity index (χ2n) is 27.6. The summed E-state index contributed by atoms with van der Waals surface area (Å²) in [6.45, 7) is 3.65. The summed E-state index contributed by atoms with van der Waals surface area (Å²) < 4.78 is 0. The third-order valence-electron chi connectivity index (χ3n) is 17.7. The van der Waals surface area contributed by atoms with Crippen molar-refractivity contribution in [2.24, 2.45) is 17.4 Å². The van der Waals surface area contributed by atoms with Gasteiger partial charge < -0.3 is 116 Å². The van der Waals surface area contributed by atoms with Crippen molar-refractivity contribution in [3.63, 3.8) is 0 Å². The summed E-state index contributed by atoms with van der Waals surface area (Å²) in [5, 5.41) is 108. The molecule has 0 saturated heterocycles. The lowest BCUT2D eigenvalue weighted by Gasteiger charge is -2.29. The van der Waals surface area contributed by atoms with Crippen molar-refractivity contribution in [1.82, 2.24) is 68.8 Å². The van der Waals surface area contributed by atoms with Crippen LogP contribution in [-0.2, 0) is 106 Å². The Labute approximate surface area is 668 Å². The standard InChI is InChI=1S/C74H101N15O26S/c1-37(2)30-44(75)65(106)81-47(19-24-58(94)95)68(109)83-49(21-26-60(98)99)70(111)85-50(22-27-61(100)101)71(112)84-48(20-25-59(96)97)69(110)82-46(18-23-57(92)93)67(108)79-38(3)64(105)88-53(32-40-14-16-42(90)17-15-40)66(107)78-36-56(91)80-54(33-41-35-77-45-13-9-8-12-43(41)45)73(114)86-51(28-29-116-4)72(113)89-55(34-62(102)103)74(115)87-52(63(76)104)31-39-10-6-5-7-11-39/h5-17,35,37-38,44,46-55,74,77,87,90,115H,18-34,36,75H2,1-4H3,(H2,76,104)(H,78,107)(H,79,108)(H,80,91)(H,81,106)(H,82,110)(H,83,109)(H,84,112)(H,85,111)(H,86,114)(H,88,105)(H,89,113)(H,92,93)(H,94,95)(H,96,97)(H,98,99)(H,100,101)(H,102,103)/t38-,44-,46-,47-,48-,49-,50-,51-,52-,53-,54-,55-,74?/m0/s1. The number of hydrogen-bond acceptors (Lipinski definition) is 23. The van der Waals surface area contributed by atoms with Gasteiger partial charge in [0.05, 0.1) is 31.1 Å². The van der Waals surface area contributed by atoms with Crippen LogP contribution in [0.15, 0.2) is 85.1 Å². The summed E-state index contributed by atoms with van der Waals surface area (Å²) in [7, 11) is 0. The highest BCUT2D eigenvalue weighted by Crippen LogP contribution is 2.21. The first kappa shape index (κ1) is 96.1. The van der Waals surface area contributed by atoms with Crippen LogP contribution in [0.25, 0.3) is 10.9 Å². The van der Waals surface area contributed by atoms with E-state index in [2.05, 4.69) is 68.8 Å². The molecule has 0 spiro atoms. The lowest BCUT2D eigenvalue weighted by atomic mass is 10.0. The van der Waals surface area contributed by atoms with Gasteiger partial charge in [-0.2, -0.15) is 11.8 Å². The number of phenolic OH excluding ortho intramolecular Hbond substituents is 1. The predicted octanol–water partition coefficient (Wildman–Crippen LogP) is -3.43. The van der Waals surface area contributed by atoms with Gasteiger partial charge in [0.1, 0.15) is 66.4 Å². The molecule has 0 aliphatic rings. The van der Waals surface area contributed by atoms with E-state index in [-0.39, 0.29) is 49.5 Å². The molecular formula is C74H101N15O26S. The molecule has 12 amide bonds. The van der Waals surface area contributed by atoms with E-state index < -0.39 is 263 Å². The number of aromatic nitrogens is 1. The molecule has 0 radical (unpaired) electrons. The molecule has 42 heteroatoms. The van der Waals surface area contributed by atoms with Crippen LogP contribution in [0.1, 0.15) is 121 Å². The Morgan fingerprint density at radius 2 is 0.828 bits per heavy atom. The van der Waals surface area contributed by atoms with Crippen molar-refractivity contribution in [1.29, 1.82) is 0 Å². The minimum Gasteiger partial charge on any atom is -0.508 e. The van der Waals surface area contributed by atoms with Gasteiger partial charge in [-0.25, -0.2) is 0 Å². The molecule has 0 bridgehead atoms. The van der Waals surface area contributed by atoms with Crippen LogP contribution in [0.5, 0.6) is 5.75 Å². The number of primary amides is 1. The van der Waals surface area contributed by atoms with Crippen molar-refractivity contribution < 1.29 is 127 Å². The Balaban J connectivity index is 1.59. The van der Waals surface area contributed by atoms with Gasteiger partial charge in [-0.3, -0.25) is 91.6 Å². The number of aliphatic carboxylic acids is 6. The van der Waals surface area contributed by atoms with Crippen LogP contribution >= 0.6 is 11.8 Å². The molecule has 634 valence electrons. The Morgan fingerprint density at radius 3 is 1.28 bits per heavy atom. The summed E-state index contributed by atoms with van der Waals surface area (Å²) in [6, 6.07) is 0.542. The van der Waals surface area contributed by atoms with Crippen LogP contribution < -0.4 is 75.3 Å². The third kappa shape index (κ3) is 35.0. The smallest absolute Gasteiger partial charge is 0.305 e. The van der Waals surface area contributed by atoms with Gasteiger partial charge in [-0.05, 0) is 111 Å². The van der Waals surface area contributed by atoms with Crippen molar-refractivity contribution in [2.45, 2.75) is 202 Å². The van der Waals surface area contributed by atoms with Gasteiger partial charge in [-0.1, -0.05) is 74.5 Å². The zero-order valence-electron chi connectivity index (χ0n) is 63.9. The van der Waals surface area contributed by atoms with Crippen LogP contribution in [0, 0.1) is 5.92 Å². The van der Waals surface area contributed by atoms with Crippen LogP contribution in [-0.4, -0.2) is 250 Å². The molecule has 4 aromatic rings. The molecule has 0 aliphatic carbocycles. The maximum absolute atomic E-state index is 14.6. The molecular weight excluding hydrogens is 1550 g/mol. The number of hydrogen-bond donors (Lipinski definition) is 23. The van der Waals surface area contributed by atoms with E-state index in [4.69, 9.17) is 11.5 Å². The minimum absolute atomic E-state index is 0.0320. The number of aromatic hydroxyl groups is 1. The average Bonchev–Trinajstić information content (AvgIpc) is 1.66. The number of carbonyl (C=O) groups excluding carboxylic acids is 12. The number of nitrogens with one attached hydrogen (secondary N) is 13. The molecule has 0 saturated carbocycles. The number of rotatable bonds is 54. The van der Waals surface area contributed by atoms with E-state index in [0.29, 0.717) is 27.6 Å². The number of nitrogens with two attached hydrogens (primary N) is 2. The lowest BCUT2D eigenvalue weighted by molar-refractivity contribution is -0.141. The number of carboxylic acid groups (broad SMARTS) is 6. The van der Waals surface area contributed by atoms with Crippen LogP contribution in [0.3, 0.4) is 0 Å². The Bertz CT molecular complexity index is 4110. The molecule has 4 rings (SSSR count). The van der Waals surface area contributed by atoms with E-state index in [1.807, 2.05) is 0 Å². The number of amides is 12. The van der Waals surface area contributed by atoms with E-state index in [1.54, 1.807) is 80.9 Å². The number of phenols is 1. The fourth-order valence-corrected chi connectivity index (χ4v) is 12.1. The van der Waals surface area contributed by atoms with E-state index in [1.165, 1.54) is 36.0 Å².